The normalized spacial score (nSPS) is 16.9. The molecule has 3 rings (SSSR count). The Morgan fingerprint density at radius 2 is 2.00 bits per heavy atom. The number of carbonyl (C=O) groups is 2. The van der Waals surface area contributed by atoms with E-state index >= 15 is 0 Å². The fourth-order valence-electron chi connectivity index (χ4n) is 2.61. The van der Waals surface area contributed by atoms with Crippen LogP contribution < -0.4 is 0 Å². The van der Waals surface area contributed by atoms with E-state index in [1.54, 1.807) is 35.4 Å². The molecule has 6 nitrogen and oxygen atoms in total. The third-order valence-corrected chi connectivity index (χ3v) is 3.79. The Kier molecular flexibility index (Phi) is 3.31. The first-order valence-electron chi connectivity index (χ1n) is 6.66. The molecular weight excluding hydrogens is 270 g/mol. The molecule has 108 valence electrons. The molecule has 1 aliphatic heterocycles. The van der Waals surface area contributed by atoms with E-state index in [9.17, 15) is 14.7 Å². The van der Waals surface area contributed by atoms with E-state index in [4.69, 9.17) is 0 Å². The number of hydrogen-bond donors (Lipinski definition) is 2. The second-order valence-corrected chi connectivity index (χ2v) is 5.07. The molecule has 6 heteroatoms. The molecule has 21 heavy (non-hydrogen) atoms. The van der Waals surface area contributed by atoms with Gasteiger partial charge in [-0.25, -0.2) is 0 Å². The van der Waals surface area contributed by atoms with Gasteiger partial charge in [0.05, 0.1) is 31.1 Å². The first-order valence-corrected chi connectivity index (χ1v) is 6.66. The molecule has 1 atom stereocenters. The fraction of sp³-hybridized carbons (Fsp3) is 0.267. The Morgan fingerprint density at radius 1 is 1.33 bits per heavy atom. The lowest BCUT2D eigenvalue weighted by Gasteiger charge is -2.23. The van der Waals surface area contributed by atoms with Crippen molar-refractivity contribution in [1.29, 1.82) is 0 Å². The minimum Gasteiger partial charge on any atom is -0.394 e. The average molecular weight is 285 g/mol. The predicted octanol–water partition coefficient (Wildman–Crippen LogP) is 1.30. The van der Waals surface area contributed by atoms with Gasteiger partial charge in [0.2, 0.25) is 0 Å². The number of aromatic nitrogens is 2. The van der Waals surface area contributed by atoms with Gasteiger partial charge in [-0.05, 0) is 19.1 Å². The molecule has 1 unspecified atom stereocenters. The Morgan fingerprint density at radius 3 is 2.62 bits per heavy atom. The lowest BCUT2D eigenvalue weighted by molar-refractivity contribution is 0.0613. The van der Waals surface area contributed by atoms with Crippen LogP contribution >= 0.6 is 0 Å². The van der Waals surface area contributed by atoms with Crippen molar-refractivity contribution in [2.45, 2.75) is 19.5 Å². The summed E-state index contributed by atoms with van der Waals surface area (Å²) in [5.41, 5.74) is 2.77. The second-order valence-electron chi connectivity index (χ2n) is 5.07. The first kappa shape index (κ1) is 13.5. The largest absolute Gasteiger partial charge is 0.394 e. The average Bonchev–Trinajstić information content (AvgIpc) is 3.06. The first-order chi connectivity index (χ1) is 10.1. The molecule has 0 bridgehead atoms. The van der Waals surface area contributed by atoms with Gasteiger partial charge in [0.1, 0.15) is 0 Å². The number of amides is 1. The Hall–Kier alpha value is -2.47. The standard InChI is InChI=1S/C15H15N3O3/c1-9(20)10-2-4-11(5-3-10)15(21)18-7-13-12(6-16-17-13)14(18)8-19/h2-6,14,19H,7-8H2,1H3,(H,16,17). The molecule has 1 amide bonds. The minimum atomic E-state index is -0.376. The summed E-state index contributed by atoms with van der Waals surface area (Å²) >= 11 is 0. The van der Waals surface area contributed by atoms with E-state index in [1.165, 1.54) is 6.92 Å². The van der Waals surface area contributed by atoms with E-state index in [1.807, 2.05) is 0 Å². The maximum absolute atomic E-state index is 12.6. The maximum Gasteiger partial charge on any atom is 0.254 e. The van der Waals surface area contributed by atoms with Gasteiger partial charge in [-0.2, -0.15) is 5.10 Å². The molecule has 0 spiro atoms. The summed E-state index contributed by atoms with van der Waals surface area (Å²) < 4.78 is 0. The number of fused-ring (bicyclic) bond motifs is 1. The van der Waals surface area contributed by atoms with Crippen LogP contribution in [-0.2, 0) is 6.54 Å². The van der Waals surface area contributed by atoms with E-state index < -0.39 is 0 Å². The smallest absolute Gasteiger partial charge is 0.254 e. The maximum atomic E-state index is 12.6. The Labute approximate surface area is 121 Å². The summed E-state index contributed by atoms with van der Waals surface area (Å²) in [6.07, 6.45) is 1.64. The monoisotopic (exact) mass is 285 g/mol. The highest BCUT2D eigenvalue weighted by Gasteiger charge is 2.34. The molecule has 0 saturated carbocycles. The SMILES string of the molecule is CC(=O)c1ccc(C(=O)N2Cc3[nH]ncc3C2CO)cc1. The summed E-state index contributed by atoms with van der Waals surface area (Å²) in [5.74, 6) is -0.210. The number of carbonyl (C=O) groups excluding carboxylic acids is 2. The van der Waals surface area contributed by atoms with Crippen molar-refractivity contribution in [1.82, 2.24) is 15.1 Å². The number of nitrogens with one attached hydrogen (secondary N) is 1. The van der Waals surface area contributed by atoms with Crippen molar-refractivity contribution >= 4 is 11.7 Å². The number of Topliss-reactive ketones (excluding diaryl/α,β-unsaturated/α-hetero) is 1. The second kappa shape index (κ2) is 5.14. The lowest BCUT2D eigenvalue weighted by atomic mass is 10.1. The summed E-state index contributed by atoms with van der Waals surface area (Å²) in [6.45, 7) is 1.73. The highest BCUT2D eigenvalue weighted by atomic mass is 16.3. The zero-order valence-electron chi connectivity index (χ0n) is 11.5. The van der Waals surface area contributed by atoms with Gasteiger partial charge >= 0.3 is 0 Å². The van der Waals surface area contributed by atoms with Gasteiger partial charge in [-0.15, -0.1) is 0 Å². The molecule has 2 N–H and O–H groups in total. The van der Waals surface area contributed by atoms with Crippen molar-refractivity contribution in [3.63, 3.8) is 0 Å². The fourth-order valence-corrected chi connectivity index (χ4v) is 2.61. The highest BCUT2D eigenvalue weighted by Crippen LogP contribution is 2.32. The van der Waals surface area contributed by atoms with Gasteiger partial charge in [-0.3, -0.25) is 14.7 Å². The molecule has 1 aliphatic rings. The van der Waals surface area contributed by atoms with Crippen LogP contribution in [0.3, 0.4) is 0 Å². The molecule has 2 aromatic rings. The van der Waals surface area contributed by atoms with Gasteiger partial charge < -0.3 is 10.0 Å². The van der Waals surface area contributed by atoms with Crippen molar-refractivity contribution in [3.05, 3.63) is 52.8 Å². The zero-order valence-corrected chi connectivity index (χ0v) is 11.5. The van der Waals surface area contributed by atoms with Gasteiger partial charge in [-0.1, -0.05) is 12.1 Å². The lowest BCUT2D eigenvalue weighted by Crippen LogP contribution is -2.31. The van der Waals surface area contributed by atoms with Crippen LogP contribution in [0.4, 0.5) is 0 Å². The molecule has 2 heterocycles. The molecule has 0 saturated heterocycles. The van der Waals surface area contributed by atoms with E-state index in [-0.39, 0.29) is 24.3 Å². The van der Waals surface area contributed by atoms with Gasteiger partial charge in [0.25, 0.3) is 5.91 Å². The molecular formula is C15H15N3O3. The van der Waals surface area contributed by atoms with Crippen molar-refractivity contribution in [2.24, 2.45) is 0 Å². The van der Waals surface area contributed by atoms with Crippen LogP contribution in [0.5, 0.6) is 0 Å². The van der Waals surface area contributed by atoms with Crippen molar-refractivity contribution in [3.8, 4) is 0 Å². The minimum absolute atomic E-state index is 0.0375. The van der Waals surface area contributed by atoms with Crippen LogP contribution in [-0.4, -0.2) is 38.5 Å². The van der Waals surface area contributed by atoms with Crippen LogP contribution in [0.25, 0.3) is 0 Å². The Bertz CT molecular complexity index is 690. The number of aliphatic hydroxyl groups is 1. The van der Waals surface area contributed by atoms with Crippen LogP contribution in [0.2, 0.25) is 0 Å². The zero-order chi connectivity index (χ0) is 15.0. The number of nitrogens with zero attached hydrogens (tertiary/aromatic N) is 2. The van der Waals surface area contributed by atoms with Crippen molar-refractivity contribution < 1.29 is 14.7 Å². The molecule has 0 fully saturated rings. The summed E-state index contributed by atoms with van der Waals surface area (Å²) in [4.78, 5) is 25.4. The van der Waals surface area contributed by atoms with Crippen LogP contribution in [0.15, 0.2) is 30.5 Å². The molecule has 0 aliphatic carbocycles. The third-order valence-electron chi connectivity index (χ3n) is 3.79. The van der Waals surface area contributed by atoms with Crippen molar-refractivity contribution in [2.75, 3.05) is 6.61 Å². The third kappa shape index (κ3) is 2.23. The van der Waals surface area contributed by atoms with Crippen LogP contribution in [0.1, 0.15) is 44.9 Å². The summed E-state index contributed by atoms with van der Waals surface area (Å²) in [7, 11) is 0. The predicted molar refractivity (Wildman–Crippen MR) is 74.7 cm³/mol. The van der Waals surface area contributed by atoms with E-state index in [2.05, 4.69) is 10.2 Å². The highest BCUT2D eigenvalue weighted by molar-refractivity contribution is 5.98. The summed E-state index contributed by atoms with van der Waals surface area (Å²) in [5, 5.41) is 16.3. The number of aromatic amines is 1. The van der Waals surface area contributed by atoms with Gasteiger partial charge in [0.15, 0.2) is 5.78 Å². The number of H-pyrrole nitrogens is 1. The number of ketones is 1. The molecule has 1 aromatic heterocycles. The van der Waals surface area contributed by atoms with E-state index in [0.717, 1.165) is 11.3 Å². The molecule has 0 radical (unpaired) electrons. The number of hydrogen-bond acceptors (Lipinski definition) is 4. The molecule has 1 aromatic carbocycles. The Balaban J connectivity index is 1.85. The van der Waals surface area contributed by atoms with E-state index in [0.29, 0.717) is 17.7 Å². The quantitative estimate of drug-likeness (QED) is 0.832. The number of benzene rings is 1. The number of rotatable bonds is 3. The van der Waals surface area contributed by atoms with Gasteiger partial charge in [0, 0.05) is 16.7 Å². The topological polar surface area (TPSA) is 86.3 Å². The number of aliphatic hydroxyl groups excluding tert-OH is 1. The van der Waals surface area contributed by atoms with Crippen LogP contribution in [0, 0.1) is 0 Å². The summed E-state index contributed by atoms with van der Waals surface area (Å²) in [6, 6.07) is 6.18.